The van der Waals surface area contributed by atoms with Crippen LogP contribution in [0.3, 0.4) is 0 Å². The van der Waals surface area contributed by atoms with Gasteiger partial charge in [0.1, 0.15) is 0 Å². The Balaban J connectivity index is 1.86. The zero-order valence-corrected chi connectivity index (χ0v) is 19.7. The minimum Gasteiger partial charge on any atom is -0.478 e. The average Bonchev–Trinajstić information content (AvgIpc) is 2.78. The van der Waals surface area contributed by atoms with Crippen LogP contribution in [-0.2, 0) is 10.0 Å². The molecule has 4 aromatic rings. The molecular weight excluding hydrogens is 434 g/mol. The molecule has 0 bridgehead atoms. The van der Waals surface area contributed by atoms with Gasteiger partial charge >= 0.3 is 5.97 Å². The molecule has 33 heavy (non-hydrogen) atoms. The van der Waals surface area contributed by atoms with Gasteiger partial charge in [-0.1, -0.05) is 48.5 Å². The second kappa shape index (κ2) is 8.37. The number of aryl methyl sites for hydroxylation is 2. The Morgan fingerprint density at radius 3 is 2.06 bits per heavy atom. The van der Waals surface area contributed by atoms with E-state index in [2.05, 4.69) is 4.72 Å². The quantitative estimate of drug-likeness (QED) is 0.370. The highest BCUT2D eigenvalue weighted by atomic mass is 32.2. The number of carboxylic acid groups (broad SMARTS) is 1. The predicted octanol–water partition coefficient (Wildman–Crippen LogP) is 6.24. The number of anilines is 1. The summed E-state index contributed by atoms with van der Waals surface area (Å²) in [5, 5.41) is 10.9. The maximum absolute atomic E-state index is 13.5. The molecule has 2 N–H and O–H groups in total. The molecule has 168 valence electrons. The van der Waals surface area contributed by atoms with Gasteiger partial charge in [0, 0.05) is 5.39 Å². The van der Waals surface area contributed by atoms with Gasteiger partial charge < -0.3 is 5.11 Å². The highest BCUT2D eigenvalue weighted by Gasteiger charge is 2.23. The van der Waals surface area contributed by atoms with Gasteiger partial charge in [0.25, 0.3) is 10.0 Å². The van der Waals surface area contributed by atoms with E-state index in [1.807, 2.05) is 70.2 Å². The number of hydrogen-bond acceptors (Lipinski definition) is 3. The van der Waals surface area contributed by atoms with E-state index in [0.717, 1.165) is 44.2 Å². The van der Waals surface area contributed by atoms with Crippen LogP contribution >= 0.6 is 0 Å². The van der Waals surface area contributed by atoms with Crippen LogP contribution in [-0.4, -0.2) is 19.5 Å². The van der Waals surface area contributed by atoms with Gasteiger partial charge in [-0.3, -0.25) is 4.72 Å². The molecule has 0 saturated carbocycles. The fourth-order valence-electron chi connectivity index (χ4n) is 4.24. The Morgan fingerprint density at radius 1 is 0.788 bits per heavy atom. The lowest BCUT2D eigenvalue weighted by atomic mass is 9.96. The van der Waals surface area contributed by atoms with E-state index < -0.39 is 16.0 Å². The Hall–Kier alpha value is -3.64. The summed E-state index contributed by atoms with van der Waals surface area (Å²) in [7, 11) is -3.83. The molecule has 0 aromatic heterocycles. The number of hydrogen-bond donors (Lipinski definition) is 2. The number of nitrogens with one attached hydrogen (secondary N) is 1. The van der Waals surface area contributed by atoms with Crippen molar-refractivity contribution in [3.05, 3.63) is 94.5 Å². The van der Waals surface area contributed by atoms with Crippen LogP contribution in [0.4, 0.5) is 5.69 Å². The van der Waals surface area contributed by atoms with Crippen LogP contribution in [0.25, 0.3) is 21.9 Å². The van der Waals surface area contributed by atoms with Gasteiger partial charge in [-0.2, -0.15) is 0 Å². The van der Waals surface area contributed by atoms with E-state index in [-0.39, 0.29) is 5.56 Å². The molecule has 0 fully saturated rings. The van der Waals surface area contributed by atoms with E-state index in [1.165, 1.54) is 0 Å². The average molecular weight is 460 g/mol. The molecule has 0 aliphatic heterocycles. The number of benzene rings is 4. The van der Waals surface area contributed by atoms with Crippen LogP contribution in [0.1, 0.15) is 32.6 Å². The molecule has 0 spiro atoms. The van der Waals surface area contributed by atoms with Crippen molar-refractivity contribution in [1.82, 2.24) is 0 Å². The predicted molar refractivity (Wildman–Crippen MR) is 133 cm³/mol. The van der Waals surface area contributed by atoms with Crippen molar-refractivity contribution < 1.29 is 18.3 Å². The third-order valence-corrected chi connectivity index (χ3v) is 7.79. The SMILES string of the molecule is Cc1cc(C)c(C)c(S(=O)(=O)Nc2ccc(-c3cccc(C(=O)O)c3)c3ccccc23)c1C. The lowest BCUT2D eigenvalue weighted by Crippen LogP contribution is -2.17. The van der Waals surface area contributed by atoms with E-state index >= 15 is 0 Å². The number of carbonyl (C=O) groups is 1. The molecule has 0 heterocycles. The topological polar surface area (TPSA) is 83.5 Å². The van der Waals surface area contributed by atoms with Crippen LogP contribution in [0.2, 0.25) is 0 Å². The van der Waals surface area contributed by atoms with Gasteiger partial charge in [-0.25, -0.2) is 13.2 Å². The summed E-state index contributed by atoms with van der Waals surface area (Å²) < 4.78 is 29.8. The molecule has 6 heteroatoms. The Morgan fingerprint density at radius 2 is 1.42 bits per heavy atom. The van der Waals surface area contributed by atoms with Crippen LogP contribution in [0.15, 0.2) is 71.6 Å². The maximum Gasteiger partial charge on any atom is 0.335 e. The first kappa shape index (κ1) is 22.6. The lowest BCUT2D eigenvalue weighted by molar-refractivity contribution is 0.0697. The molecule has 0 aliphatic rings. The first-order valence-electron chi connectivity index (χ1n) is 10.6. The fourth-order valence-corrected chi connectivity index (χ4v) is 5.94. The molecule has 0 saturated heterocycles. The van der Waals surface area contributed by atoms with Crippen molar-refractivity contribution in [3.63, 3.8) is 0 Å². The van der Waals surface area contributed by atoms with Crippen LogP contribution < -0.4 is 4.72 Å². The van der Waals surface area contributed by atoms with Gasteiger partial charge in [0.05, 0.1) is 16.1 Å². The number of fused-ring (bicyclic) bond motifs is 1. The summed E-state index contributed by atoms with van der Waals surface area (Å²) in [5.74, 6) is -0.996. The molecule has 0 amide bonds. The van der Waals surface area contributed by atoms with Crippen LogP contribution in [0, 0.1) is 27.7 Å². The Labute approximate surface area is 193 Å². The highest BCUT2D eigenvalue weighted by molar-refractivity contribution is 7.92. The number of aromatic carboxylic acids is 1. The number of carboxylic acids is 1. The summed E-state index contributed by atoms with van der Waals surface area (Å²) >= 11 is 0. The minimum absolute atomic E-state index is 0.196. The summed E-state index contributed by atoms with van der Waals surface area (Å²) in [6, 6.07) is 19.8. The largest absolute Gasteiger partial charge is 0.478 e. The monoisotopic (exact) mass is 459 g/mol. The minimum atomic E-state index is -3.83. The van der Waals surface area contributed by atoms with Crippen molar-refractivity contribution in [2.24, 2.45) is 0 Å². The third kappa shape index (κ3) is 4.10. The lowest BCUT2D eigenvalue weighted by Gasteiger charge is -2.18. The zero-order chi connectivity index (χ0) is 23.9. The summed E-state index contributed by atoms with van der Waals surface area (Å²) in [5.41, 5.74) is 5.57. The summed E-state index contributed by atoms with van der Waals surface area (Å²) in [6.45, 7) is 7.48. The zero-order valence-electron chi connectivity index (χ0n) is 18.9. The second-order valence-corrected chi connectivity index (χ2v) is 9.91. The van der Waals surface area contributed by atoms with E-state index in [4.69, 9.17) is 0 Å². The Bertz CT molecular complexity index is 1490. The standard InChI is InChI=1S/C27H25NO4S/c1-16-14-17(2)19(4)26(18(16)3)33(31,32)28-25-13-12-22(23-10-5-6-11-24(23)25)20-8-7-9-21(15-20)27(29)30/h5-15,28H,1-4H3,(H,29,30). The molecule has 0 atom stereocenters. The highest BCUT2D eigenvalue weighted by Crippen LogP contribution is 2.35. The van der Waals surface area contributed by atoms with Crippen molar-refractivity contribution >= 4 is 32.5 Å². The normalized spacial score (nSPS) is 11.5. The molecule has 5 nitrogen and oxygen atoms in total. The van der Waals surface area contributed by atoms with E-state index in [1.54, 1.807) is 24.3 Å². The molecule has 4 aromatic carbocycles. The van der Waals surface area contributed by atoms with Crippen molar-refractivity contribution in [2.75, 3.05) is 4.72 Å². The fraction of sp³-hybridized carbons (Fsp3) is 0.148. The summed E-state index contributed by atoms with van der Waals surface area (Å²) in [6.07, 6.45) is 0. The maximum atomic E-state index is 13.5. The first-order valence-corrected chi connectivity index (χ1v) is 12.0. The molecule has 0 radical (unpaired) electrons. The van der Waals surface area contributed by atoms with Gasteiger partial charge in [-0.05, 0) is 84.7 Å². The van der Waals surface area contributed by atoms with E-state index in [9.17, 15) is 18.3 Å². The van der Waals surface area contributed by atoms with Gasteiger partial charge in [-0.15, -0.1) is 0 Å². The van der Waals surface area contributed by atoms with Gasteiger partial charge in [0.2, 0.25) is 0 Å². The smallest absolute Gasteiger partial charge is 0.335 e. The number of sulfonamides is 1. The Kier molecular flexibility index (Phi) is 5.72. The van der Waals surface area contributed by atoms with Gasteiger partial charge in [0.15, 0.2) is 0 Å². The van der Waals surface area contributed by atoms with Crippen LogP contribution in [0.5, 0.6) is 0 Å². The van der Waals surface area contributed by atoms with E-state index in [0.29, 0.717) is 10.6 Å². The van der Waals surface area contributed by atoms with Crippen molar-refractivity contribution in [1.29, 1.82) is 0 Å². The molecule has 0 unspecified atom stereocenters. The third-order valence-electron chi connectivity index (χ3n) is 6.15. The molecular formula is C27H25NO4S. The molecule has 0 aliphatic carbocycles. The first-order chi connectivity index (χ1) is 15.6. The van der Waals surface area contributed by atoms with Crippen molar-refractivity contribution in [2.45, 2.75) is 32.6 Å². The number of rotatable bonds is 5. The molecule has 4 rings (SSSR count). The van der Waals surface area contributed by atoms with Crippen molar-refractivity contribution in [3.8, 4) is 11.1 Å². The summed E-state index contributed by atoms with van der Waals surface area (Å²) in [4.78, 5) is 11.7. The second-order valence-electron chi connectivity index (χ2n) is 8.29.